The third-order valence-electron chi connectivity index (χ3n) is 3.25. The number of nitrogens with one attached hydrogen (secondary N) is 2. The second-order valence-electron chi connectivity index (χ2n) is 5.02. The smallest absolute Gasteiger partial charge is 0.313 e. The van der Waals surface area contributed by atoms with Gasteiger partial charge in [-0.25, -0.2) is 19.3 Å². The number of pyridine rings is 1. The zero-order valence-electron chi connectivity index (χ0n) is 12.8. The number of anilines is 1. The van der Waals surface area contributed by atoms with Gasteiger partial charge in [-0.1, -0.05) is 11.6 Å². The highest BCUT2D eigenvalue weighted by Gasteiger charge is 2.13. The lowest BCUT2D eigenvalue weighted by Gasteiger charge is -2.07. The fourth-order valence-electron chi connectivity index (χ4n) is 2.18. The zero-order chi connectivity index (χ0) is 17.8. The molecule has 3 N–H and O–H groups in total. The van der Waals surface area contributed by atoms with Crippen molar-refractivity contribution in [3.63, 3.8) is 0 Å². The average molecular weight is 382 g/mol. The fraction of sp³-hybridized carbons (Fsp3) is 0.200. The number of carboxylic acids is 1. The van der Waals surface area contributed by atoms with E-state index in [0.29, 0.717) is 34.4 Å². The summed E-state index contributed by atoms with van der Waals surface area (Å²) < 4.78 is 13.9. The molecule has 25 heavy (non-hydrogen) atoms. The van der Waals surface area contributed by atoms with Gasteiger partial charge in [-0.15, -0.1) is 11.8 Å². The average Bonchev–Trinajstić information content (AvgIpc) is 2.99. The highest BCUT2D eigenvalue weighted by Crippen LogP contribution is 2.28. The van der Waals surface area contributed by atoms with Crippen LogP contribution < -0.4 is 5.32 Å². The van der Waals surface area contributed by atoms with E-state index < -0.39 is 11.8 Å². The Balaban J connectivity index is 1.78. The van der Waals surface area contributed by atoms with Crippen LogP contribution in [0.2, 0.25) is 5.02 Å². The van der Waals surface area contributed by atoms with Crippen LogP contribution in [0.1, 0.15) is 0 Å². The van der Waals surface area contributed by atoms with Gasteiger partial charge in [0.25, 0.3) is 0 Å². The Bertz CT molecular complexity index is 920. The standard InChI is InChI=1S/C15H13ClFN5O2S/c16-8-3-9-10(5-20-13(9)19-4-8)14-21-6-11(17)15(22-14)18-1-2-25-7-12(23)24/h3-6H,1-2,7H2,(H,19,20)(H,23,24)(H,18,21,22). The predicted octanol–water partition coefficient (Wildman–Crippen LogP) is 3.04. The van der Waals surface area contributed by atoms with Crippen molar-refractivity contribution in [3.05, 3.63) is 35.5 Å². The van der Waals surface area contributed by atoms with Crippen molar-refractivity contribution in [2.75, 3.05) is 23.4 Å². The summed E-state index contributed by atoms with van der Waals surface area (Å²) in [6, 6.07) is 1.73. The van der Waals surface area contributed by atoms with Crippen LogP contribution in [0, 0.1) is 5.82 Å². The summed E-state index contributed by atoms with van der Waals surface area (Å²) >= 11 is 7.21. The summed E-state index contributed by atoms with van der Waals surface area (Å²) in [4.78, 5) is 25.9. The minimum Gasteiger partial charge on any atom is -0.481 e. The SMILES string of the molecule is O=C(O)CSCCNc1nc(-c2c[nH]c3ncc(Cl)cc23)ncc1F. The molecule has 7 nitrogen and oxygen atoms in total. The fourth-order valence-corrected chi connectivity index (χ4v) is 2.91. The van der Waals surface area contributed by atoms with Crippen LogP contribution in [0.5, 0.6) is 0 Å². The Labute approximate surface area is 151 Å². The van der Waals surface area contributed by atoms with E-state index in [1.54, 1.807) is 12.3 Å². The second kappa shape index (κ2) is 7.66. The molecular formula is C15H13ClFN5O2S. The molecule has 3 heterocycles. The van der Waals surface area contributed by atoms with Gasteiger partial charge in [0.15, 0.2) is 17.5 Å². The third-order valence-corrected chi connectivity index (χ3v) is 4.40. The predicted molar refractivity (Wildman–Crippen MR) is 95.5 cm³/mol. The van der Waals surface area contributed by atoms with Crippen molar-refractivity contribution in [1.82, 2.24) is 19.9 Å². The second-order valence-corrected chi connectivity index (χ2v) is 6.56. The molecule has 3 aromatic rings. The Kier molecular flexibility index (Phi) is 5.34. The lowest BCUT2D eigenvalue weighted by Crippen LogP contribution is -2.10. The van der Waals surface area contributed by atoms with Crippen LogP contribution >= 0.6 is 23.4 Å². The highest BCUT2D eigenvalue weighted by atomic mass is 35.5. The van der Waals surface area contributed by atoms with E-state index in [-0.39, 0.29) is 11.6 Å². The lowest BCUT2D eigenvalue weighted by molar-refractivity contribution is -0.133. The minimum absolute atomic E-state index is 0.00227. The molecule has 0 radical (unpaired) electrons. The summed E-state index contributed by atoms with van der Waals surface area (Å²) in [7, 11) is 0. The first-order chi connectivity index (χ1) is 12.0. The molecule has 0 aromatic carbocycles. The van der Waals surface area contributed by atoms with Crippen LogP contribution in [0.3, 0.4) is 0 Å². The maximum absolute atomic E-state index is 13.9. The normalized spacial score (nSPS) is 11.0. The van der Waals surface area contributed by atoms with Gasteiger partial charge in [0.1, 0.15) is 5.65 Å². The van der Waals surface area contributed by atoms with Gasteiger partial charge in [0.05, 0.1) is 17.0 Å². The van der Waals surface area contributed by atoms with E-state index in [0.717, 1.165) is 11.6 Å². The number of aliphatic carboxylic acids is 1. The molecule has 0 unspecified atom stereocenters. The molecule has 0 spiro atoms. The number of halogens is 2. The summed E-state index contributed by atoms with van der Waals surface area (Å²) in [5.41, 5.74) is 1.29. The van der Waals surface area contributed by atoms with Crippen LogP contribution in [0.25, 0.3) is 22.4 Å². The number of carboxylic acid groups (broad SMARTS) is 1. The van der Waals surface area contributed by atoms with Crippen LogP contribution in [0.15, 0.2) is 24.7 Å². The number of rotatable bonds is 7. The first-order valence-corrected chi connectivity index (χ1v) is 8.77. The monoisotopic (exact) mass is 381 g/mol. The van der Waals surface area contributed by atoms with Gasteiger partial charge in [0.2, 0.25) is 0 Å². The van der Waals surface area contributed by atoms with Crippen LogP contribution in [-0.4, -0.2) is 49.1 Å². The molecule has 3 rings (SSSR count). The molecule has 3 aromatic heterocycles. The number of thioether (sulfide) groups is 1. The zero-order valence-corrected chi connectivity index (χ0v) is 14.4. The number of fused-ring (bicyclic) bond motifs is 1. The topological polar surface area (TPSA) is 104 Å². The maximum atomic E-state index is 13.9. The molecule has 0 amide bonds. The van der Waals surface area contributed by atoms with E-state index in [9.17, 15) is 9.18 Å². The first kappa shape index (κ1) is 17.4. The molecule has 0 bridgehead atoms. The highest BCUT2D eigenvalue weighted by molar-refractivity contribution is 7.99. The Morgan fingerprint density at radius 3 is 3.04 bits per heavy atom. The van der Waals surface area contributed by atoms with Crippen LogP contribution in [-0.2, 0) is 4.79 Å². The molecule has 0 aliphatic rings. The Morgan fingerprint density at radius 1 is 1.40 bits per heavy atom. The molecule has 0 saturated heterocycles. The third kappa shape index (κ3) is 4.18. The number of hydrogen-bond donors (Lipinski definition) is 3. The summed E-state index contributed by atoms with van der Waals surface area (Å²) in [6.45, 7) is 0.382. The van der Waals surface area contributed by atoms with E-state index in [4.69, 9.17) is 16.7 Å². The van der Waals surface area contributed by atoms with E-state index in [1.165, 1.54) is 18.0 Å². The van der Waals surface area contributed by atoms with Crippen molar-refractivity contribution in [3.8, 4) is 11.4 Å². The van der Waals surface area contributed by atoms with Gasteiger partial charge >= 0.3 is 5.97 Å². The van der Waals surface area contributed by atoms with E-state index >= 15 is 0 Å². The maximum Gasteiger partial charge on any atom is 0.313 e. The van der Waals surface area contributed by atoms with Gasteiger partial charge in [-0.05, 0) is 6.07 Å². The van der Waals surface area contributed by atoms with Crippen molar-refractivity contribution >= 4 is 46.2 Å². The largest absolute Gasteiger partial charge is 0.481 e. The number of nitrogens with zero attached hydrogens (tertiary/aromatic N) is 3. The number of carbonyl (C=O) groups is 1. The molecule has 0 aliphatic heterocycles. The van der Waals surface area contributed by atoms with Gasteiger partial charge < -0.3 is 15.4 Å². The quantitative estimate of drug-likeness (QED) is 0.540. The summed E-state index contributed by atoms with van der Waals surface area (Å²) in [5, 5.41) is 12.7. The molecule has 0 saturated carbocycles. The van der Waals surface area contributed by atoms with Crippen molar-refractivity contribution in [2.24, 2.45) is 0 Å². The number of aromatic nitrogens is 4. The van der Waals surface area contributed by atoms with Gasteiger partial charge in [0, 0.05) is 35.6 Å². The molecule has 10 heteroatoms. The molecule has 0 fully saturated rings. The molecule has 130 valence electrons. The first-order valence-electron chi connectivity index (χ1n) is 7.23. The molecule has 0 aliphatic carbocycles. The summed E-state index contributed by atoms with van der Waals surface area (Å²) in [5.74, 6) is -0.558. The number of H-pyrrole nitrogens is 1. The van der Waals surface area contributed by atoms with Gasteiger partial charge in [-0.2, -0.15) is 0 Å². The number of aromatic amines is 1. The van der Waals surface area contributed by atoms with E-state index in [2.05, 4.69) is 25.3 Å². The molecule has 0 atom stereocenters. The minimum atomic E-state index is -0.882. The van der Waals surface area contributed by atoms with E-state index in [1.807, 2.05) is 0 Å². The van der Waals surface area contributed by atoms with Crippen LogP contribution in [0.4, 0.5) is 10.2 Å². The lowest BCUT2D eigenvalue weighted by atomic mass is 10.2. The van der Waals surface area contributed by atoms with Gasteiger partial charge in [-0.3, -0.25) is 4.79 Å². The Hall–Kier alpha value is -2.39. The number of hydrogen-bond acceptors (Lipinski definition) is 6. The van der Waals surface area contributed by atoms with Crippen molar-refractivity contribution in [1.29, 1.82) is 0 Å². The summed E-state index contributed by atoms with van der Waals surface area (Å²) in [6.07, 6.45) is 4.30. The molecular weight excluding hydrogens is 369 g/mol. The van der Waals surface area contributed by atoms with Crippen molar-refractivity contribution < 1.29 is 14.3 Å². The Morgan fingerprint density at radius 2 is 2.24 bits per heavy atom. The van der Waals surface area contributed by atoms with Crippen molar-refractivity contribution in [2.45, 2.75) is 0 Å².